The van der Waals surface area contributed by atoms with E-state index < -0.39 is 28.2 Å². The lowest BCUT2D eigenvalue weighted by Gasteiger charge is -2.23. The van der Waals surface area contributed by atoms with Gasteiger partial charge in [-0.15, -0.1) is 0 Å². The van der Waals surface area contributed by atoms with Gasteiger partial charge in [-0.1, -0.05) is 30.3 Å². The van der Waals surface area contributed by atoms with Crippen molar-refractivity contribution in [2.45, 2.75) is 12.1 Å². The minimum absolute atomic E-state index is 0.291. The number of nitro groups is 1. The molecule has 0 saturated carbocycles. The van der Waals surface area contributed by atoms with Crippen LogP contribution >= 0.6 is 0 Å². The largest absolute Gasteiger partial charge is 0.475 e. The number of aliphatic carboxylic acids is 1. The molecule has 0 saturated heterocycles. The number of carboxylic acid groups (broad SMARTS) is 1. The van der Waals surface area contributed by atoms with E-state index in [0.29, 0.717) is 5.56 Å². The van der Waals surface area contributed by atoms with Crippen molar-refractivity contribution in [3.05, 3.63) is 46.0 Å². The van der Waals surface area contributed by atoms with Gasteiger partial charge in [0.1, 0.15) is 0 Å². The van der Waals surface area contributed by atoms with Crippen molar-refractivity contribution in [1.29, 1.82) is 0 Å². The third-order valence-corrected chi connectivity index (χ3v) is 2.27. The van der Waals surface area contributed by atoms with Crippen molar-refractivity contribution in [2.24, 2.45) is 0 Å². The van der Waals surface area contributed by atoms with Crippen LogP contribution < -0.4 is 0 Å². The van der Waals surface area contributed by atoms with E-state index in [9.17, 15) is 14.9 Å². The first-order valence-electron chi connectivity index (χ1n) is 4.51. The lowest BCUT2D eigenvalue weighted by Crippen LogP contribution is -2.59. The van der Waals surface area contributed by atoms with E-state index >= 15 is 0 Å². The predicted molar refractivity (Wildman–Crippen MR) is 52.9 cm³/mol. The van der Waals surface area contributed by atoms with Crippen LogP contribution in [0.1, 0.15) is 5.56 Å². The van der Waals surface area contributed by atoms with Crippen LogP contribution in [0.4, 0.5) is 0 Å². The van der Waals surface area contributed by atoms with Gasteiger partial charge < -0.3 is 5.11 Å². The van der Waals surface area contributed by atoms with Gasteiger partial charge >= 0.3 is 11.6 Å². The lowest BCUT2D eigenvalue weighted by atomic mass is 10.0. The molecule has 0 heterocycles. The van der Waals surface area contributed by atoms with Gasteiger partial charge in [0, 0.05) is 5.23 Å². The molecule has 0 fully saturated rings. The van der Waals surface area contributed by atoms with Crippen molar-refractivity contribution in [1.82, 2.24) is 5.23 Å². The number of hydroxylamine groups is 2. The zero-order valence-corrected chi connectivity index (χ0v) is 8.55. The summed E-state index contributed by atoms with van der Waals surface area (Å²) < 4.78 is 0. The summed E-state index contributed by atoms with van der Waals surface area (Å²) >= 11 is 0. The molecule has 0 aromatic heterocycles. The average Bonchev–Trinajstić information content (AvgIpc) is 2.25. The third-order valence-electron chi connectivity index (χ3n) is 2.27. The van der Waals surface area contributed by atoms with Crippen LogP contribution in [-0.4, -0.2) is 37.3 Å². The molecule has 0 amide bonds. The number of benzene rings is 1. The van der Waals surface area contributed by atoms with E-state index in [1.807, 2.05) is 0 Å². The first-order chi connectivity index (χ1) is 7.91. The second-order valence-corrected chi connectivity index (χ2v) is 3.33. The van der Waals surface area contributed by atoms with Gasteiger partial charge in [0.25, 0.3) is 0 Å². The van der Waals surface area contributed by atoms with Crippen LogP contribution in [0.5, 0.6) is 0 Å². The highest BCUT2D eigenvalue weighted by Gasteiger charge is 2.57. The Morgan fingerprint density at radius 2 is 1.88 bits per heavy atom. The zero-order valence-electron chi connectivity index (χ0n) is 8.55. The number of hydrogen-bond acceptors (Lipinski definition) is 6. The molecule has 0 aliphatic rings. The van der Waals surface area contributed by atoms with Gasteiger partial charge in [0.05, 0.1) is 11.3 Å². The van der Waals surface area contributed by atoms with Crippen molar-refractivity contribution < 1.29 is 25.2 Å². The summed E-state index contributed by atoms with van der Waals surface area (Å²) in [4.78, 5) is 20.4. The highest BCUT2D eigenvalue weighted by atomic mass is 16.8. The number of carbonyl (C=O) groups is 1. The molecule has 3 N–H and O–H groups in total. The first kappa shape index (κ1) is 13.0. The van der Waals surface area contributed by atoms with Crippen LogP contribution in [0, 0.1) is 10.1 Å². The van der Waals surface area contributed by atoms with E-state index in [1.54, 1.807) is 18.2 Å². The van der Waals surface area contributed by atoms with Crippen LogP contribution in [0.3, 0.4) is 0 Å². The Morgan fingerprint density at radius 3 is 2.24 bits per heavy atom. The molecule has 0 radical (unpaired) electrons. The van der Waals surface area contributed by atoms with Gasteiger partial charge in [0.15, 0.2) is 0 Å². The minimum atomic E-state index is -3.01. The molecule has 1 atom stereocenters. The minimum Gasteiger partial charge on any atom is -0.475 e. The molecule has 17 heavy (non-hydrogen) atoms. The molecule has 0 aliphatic carbocycles. The monoisotopic (exact) mass is 242 g/mol. The summed E-state index contributed by atoms with van der Waals surface area (Å²) in [6.45, 7) is 0. The average molecular weight is 242 g/mol. The Labute approximate surface area is 95.4 Å². The highest BCUT2D eigenvalue weighted by Crippen LogP contribution is 2.20. The molecule has 0 spiro atoms. The Balaban J connectivity index is 3.16. The number of rotatable bonds is 5. The summed E-state index contributed by atoms with van der Waals surface area (Å²) in [5, 5.41) is 36.4. The molecule has 0 aliphatic heterocycles. The van der Waals surface area contributed by atoms with E-state index in [4.69, 9.17) is 15.5 Å². The molecule has 1 aromatic rings. The van der Waals surface area contributed by atoms with Crippen molar-refractivity contribution in [3.63, 3.8) is 0 Å². The summed E-state index contributed by atoms with van der Waals surface area (Å²) in [5.41, 5.74) is -2.72. The van der Waals surface area contributed by atoms with E-state index in [0.717, 1.165) is 0 Å². The maximum atomic E-state index is 10.9. The lowest BCUT2D eigenvalue weighted by molar-refractivity contribution is -0.642. The summed E-state index contributed by atoms with van der Waals surface area (Å²) in [6.07, 6.45) is -0.677. The second kappa shape index (κ2) is 4.87. The van der Waals surface area contributed by atoms with E-state index in [-0.39, 0.29) is 0 Å². The Hall–Kier alpha value is -2.03. The van der Waals surface area contributed by atoms with Crippen molar-refractivity contribution in [3.8, 4) is 0 Å². The smallest absolute Gasteiger partial charge is 0.419 e. The van der Waals surface area contributed by atoms with E-state index in [2.05, 4.69) is 0 Å². The van der Waals surface area contributed by atoms with Crippen LogP contribution in [0.15, 0.2) is 30.3 Å². The zero-order chi connectivity index (χ0) is 13.1. The van der Waals surface area contributed by atoms with Crippen molar-refractivity contribution >= 4 is 5.97 Å². The Bertz CT molecular complexity index is 405. The number of hydrogen-bond donors (Lipinski definition) is 3. The maximum Gasteiger partial charge on any atom is 0.419 e. The first-order valence-corrected chi connectivity index (χ1v) is 4.51. The molecular formula is C9H10N2O6. The SMILES string of the molecule is O=C(O)[C@](Cc1ccccc1)(N(O)O)[N+](=O)[O-]. The van der Waals surface area contributed by atoms with Crippen LogP contribution in [-0.2, 0) is 11.2 Å². The fourth-order valence-electron chi connectivity index (χ4n) is 1.33. The summed E-state index contributed by atoms with van der Waals surface area (Å²) in [5.74, 6) is -1.96. The predicted octanol–water partition coefficient (Wildman–Crippen LogP) is 0.367. The van der Waals surface area contributed by atoms with Crippen molar-refractivity contribution in [2.75, 3.05) is 0 Å². The Kier molecular flexibility index (Phi) is 3.73. The second-order valence-electron chi connectivity index (χ2n) is 3.33. The van der Waals surface area contributed by atoms with E-state index in [1.165, 1.54) is 12.1 Å². The van der Waals surface area contributed by atoms with Gasteiger partial charge in [-0.05, 0) is 5.56 Å². The number of carboxylic acids is 1. The standard InChI is InChI=1S/C9H10N2O6/c12-8(13)9(10(14)15,11(16)17)6-7-4-2-1-3-5-7/h1-5,14-15H,6H2,(H,12,13)/t9-/m1/s1. The highest BCUT2D eigenvalue weighted by molar-refractivity contribution is 5.76. The Morgan fingerprint density at radius 1 is 1.35 bits per heavy atom. The molecule has 1 aromatic carbocycles. The summed E-state index contributed by atoms with van der Waals surface area (Å²) in [6, 6.07) is 7.66. The van der Waals surface area contributed by atoms with Crippen LogP contribution in [0.2, 0.25) is 0 Å². The molecule has 8 heteroatoms. The molecular weight excluding hydrogens is 232 g/mol. The third kappa shape index (κ3) is 2.38. The molecule has 8 nitrogen and oxygen atoms in total. The fourth-order valence-corrected chi connectivity index (χ4v) is 1.33. The normalized spacial score (nSPS) is 14.3. The molecule has 0 unspecified atom stereocenters. The van der Waals surface area contributed by atoms with Crippen LogP contribution in [0.25, 0.3) is 0 Å². The topological polar surface area (TPSA) is 124 Å². The summed E-state index contributed by atoms with van der Waals surface area (Å²) in [7, 11) is 0. The fraction of sp³-hybridized carbons (Fsp3) is 0.222. The molecule has 1 rings (SSSR count). The maximum absolute atomic E-state index is 10.9. The number of nitrogens with zero attached hydrogens (tertiary/aromatic N) is 2. The van der Waals surface area contributed by atoms with Gasteiger partial charge in [-0.2, -0.15) is 0 Å². The molecule has 0 bridgehead atoms. The molecule has 92 valence electrons. The van der Waals surface area contributed by atoms with Gasteiger partial charge in [-0.3, -0.25) is 20.5 Å². The van der Waals surface area contributed by atoms with Gasteiger partial charge in [-0.25, -0.2) is 4.79 Å². The quantitative estimate of drug-likeness (QED) is 0.387. The van der Waals surface area contributed by atoms with Gasteiger partial charge in [0.2, 0.25) is 0 Å².